The Hall–Kier alpha value is -2.03. The van der Waals surface area contributed by atoms with Gasteiger partial charge in [0.15, 0.2) is 0 Å². The second-order valence-corrected chi connectivity index (χ2v) is 7.36. The zero-order valence-corrected chi connectivity index (χ0v) is 16.0. The van der Waals surface area contributed by atoms with Crippen molar-refractivity contribution in [1.82, 2.24) is 15.1 Å². The van der Waals surface area contributed by atoms with E-state index in [2.05, 4.69) is 15.7 Å². The summed E-state index contributed by atoms with van der Waals surface area (Å²) in [7, 11) is 1.54. The Bertz CT molecular complexity index is 822. The van der Waals surface area contributed by atoms with E-state index in [0.29, 0.717) is 17.4 Å². The first-order chi connectivity index (χ1) is 12.5. The van der Waals surface area contributed by atoms with Crippen molar-refractivity contribution >= 4 is 41.0 Å². The fourth-order valence-corrected chi connectivity index (χ4v) is 3.82. The number of fused-ring (bicyclic) bond motifs is 1. The predicted molar refractivity (Wildman–Crippen MR) is 102 cm³/mol. The lowest BCUT2D eigenvalue weighted by atomic mass is 10.2. The van der Waals surface area contributed by atoms with Crippen LogP contribution in [-0.2, 0) is 25.8 Å². The summed E-state index contributed by atoms with van der Waals surface area (Å²) >= 11 is 7.67. The van der Waals surface area contributed by atoms with Gasteiger partial charge in [0.1, 0.15) is 5.82 Å². The molecule has 0 bridgehead atoms. The van der Waals surface area contributed by atoms with E-state index in [1.807, 2.05) is 12.1 Å². The van der Waals surface area contributed by atoms with Crippen LogP contribution in [0.4, 0.5) is 5.82 Å². The molecule has 3 rings (SSSR count). The van der Waals surface area contributed by atoms with Crippen molar-refractivity contribution in [2.75, 3.05) is 19.0 Å². The van der Waals surface area contributed by atoms with E-state index in [9.17, 15) is 9.59 Å². The molecule has 2 amide bonds. The van der Waals surface area contributed by atoms with Gasteiger partial charge < -0.3 is 15.4 Å². The largest absolute Gasteiger partial charge is 0.383 e. The van der Waals surface area contributed by atoms with Crippen LogP contribution >= 0.6 is 23.4 Å². The third-order valence-corrected chi connectivity index (χ3v) is 5.08. The zero-order valence-electron chi connectivity index (χ0n) is 14.4. The number of anilines is 1. The summed E-state index contributed by atoms with van der Waals surface area (Å²) in [6.45, 7) is 2.09. The van der Waals surface area contributed by atoms with Gasteiger partial charge in [-0.1, -0.05) is 11.6 Å². The lowest BCUT2D eigenvalue weighted by molar-refractivity contribution is -0.136. The monoisotopic (exact) mass is 394 g/mol. The van der Waals surface area contributed by atoms with Crippen LogP contribution in [0.5, 0.6) is 0 Å². The average Bonchev–Trinajstić information content (AvgIpc) is 3.18. The first-order valence-corrected chi connectivity index (χ1v) is 9.58. The summed E-state index contributed by atoms with van der Waals surface area (Å²) < 4.78 is 6.61. The number of carbonyl (C=O) groups excluding carboxylic acids is 2. The Morgan fingerprint density at radius 2 is 2.04 bits per heavy atom. The van der Waals surface area contributed by atoms with Crippen LogP contribution in [0.3, 0.4) is 0 Å². The number of halogens is 1. The quantitative estimate of drug-likeness (QED) is 0.760. The Labute approximate surface area is 160 Å². The molecule has 1 aliphatic heterocycles. The number of rotatable bonds is 5. The number of carbonyl (C=O) groups is 2. The van der Waals surface area contributed by atoms with Gasteiger partial charge in [0.05, 0.1) is 18.0 Å². The number of nitrogens with one attached hydrogen (secondary N) is 2. The van der Waals surface area contributed by atoms with Crippen molar-refractivity contribution in [3.8, 4) is 5.69 Å². The normalized spacial score (nSPS) is 14.0. The van der Waals surface area contributed by atoms with Crippen LogP contribution in [0.1, 0.15) is 18.2 Å². The molecule has 1 aliphatic rings. The Balaban J connectivity index is 1.84. The number of aromatic nitrogens is 2. The molecule has 2 heterocycles. The zero-order chi connectivity index (χ0) is 18.7. The molecule has 9 heteroatoms. The predicted octanol–water partition coefficient (Wildman–Crippen LogP) is 2.36. The van der Waals surface area contributed by atoms with E-state index in [0.717, 1.165) is 28.5 Å². The van der Waals surface area contributed by atoms with E-state index in [-0.39, 0.29) is 6.04 Å². The lowest BCUT2D eigenvalue weighted by Crippen LogP contribution is -2.42. The van der Waals surface area contributed by atoms with Gasteiger partial charge in [-0.2, -0.15) is 16.9 Å². The molecule has 0 saturated heterocycles. The van der Waals surface area contributed by atoms with Crippen molar-refractivity contribution in [2.45, 2.75) is 24.5 Å². The van der Waals surface area contributed by atoms with Crippen molar-refractivity contribution in [1.29, 1.82) is 0 Å². The molecule has 1 atom stereocenters. The minimum atomic E-state index is -0.734. The number of amides is 2. The highest BCUT2D eigenvalue weighted by Crippen LogP contribution is 2.36. The number of methoxy groups -OCH3 is 1. The van der Waals surface area contributed by atoms with Gasteiger partial charge in [0, 0.05) is 35.2 Å². The number of thioether (sulfide) groups is 1. The van der Waals surface area contributed by atoms with E-state index in [4.69, 9.17) is 16.3 Å². The molecule has 0 saturated carbocycles. The minimum absolute atomic E-state index is 0.263. The molecule has 0 aliphatic carbocycles. The van der Waals surface area contributed by atoms with E-state index < -0.39 is 11.8 Å². The van der Waals surface area contributed by atoms with Crippen LogP contribution in [0, 0.1) is 0 Å². The molecule has 0 fully saturated rings. The Kier molecular flexibility index (Phi) is 5.85. The van der Waals surface area contributed by atoms with Gasteiger partial charge in [-0.25, -0.2) is 4.68 Å². The van der Waals surface area contributed by atoms with Crippen molar-refractivity contribution in [3.63, 3.8) is 0 Å². The molecular formula is C17H19ClN4O3S. The van der Waals surface area contributed by atoms with Crippen LogP contribution in [0.15, 0.2) is 24.3 Å². The second kappa shape index (κ2) is 8.11. The molecule has 2 N–H and O–H groups in total. The van der Waals surface area contributed by atoms with Gasteiger partial charge in [-0.05, 0) is 31.2 Å². The number of ether oxygens (including phenoxy) is 1. The van der Waals surface area contributed by atoms with Gasteiger partial charge in [0.25, 0.3) is 0 Å². The highest BCUT2D eigenvalue weighted by molar-refractivity contribution is 7.98. The van der Waals surface area contributed by atoms with Crippen LogP contribution in [-0.4, -0.2) is 41.4 Å². The fraction of sp³-hybridized carbons (Fsp3) is 0.353. The lowest BCUT2D eigenvalue weighted by Gasteiger charge is -2.14. The highest BCUT2D eigenvalue weighted by Gasteiger charge is 2.26. The molecular weight excluding hydrogens is 376 g/mol. The molecule has 26 heavy (non-hydrogen) atoms. The molecule has 0 radical (unpaired) electrons. The highest BCUT2D eigenvalue weighted by atomic mass is 35.5. The first-order valence-electron chi connectivity index (χ1n) is 8.05. The third-order valence-electron chi connectivity index (χ3n) is 3.86. The van der Waals surface area contributed by atoms with E-state index in [1.54, 1.807) is 35.5 Å². The molecule has 0 unspecified atom stereocenters. The Morgan fingerprint density at radius 3 is 2.73 bits per heavy atom. The molecule has 1 aromatic heterocycles. The van der Waals surface area contributed by atoms with Crippen LogP contribution in [0.25, 0.3) is 5.69 Å². The summed E-state index contributed by atoms with van der Waals surface area (Å²) in [5, 5.41) is 10.5. The fourth-order valence-electron chi connectivity index (χ4n) is 2.66. The number of hydrogen-bond donors (Lipinski definition) is 2. The van der Waals surface area contributed by atoms with Gasteiger partial charge in [-0.15, -0.1) is 0 Å². The third kappa shape index (κ3) is 4.03. The maximum Gasteiger partial charge on any atom is 0.314 e. The SMILES string of the molecule is COC[C@H](C)NC(=O)C(=O)Nc1c2c(nn1-c1ccc(Cl)cc1)CSC2. The summed E-state index contributed by atoms with van der Waals surface area (Å²) in [6, 6.07) is 6.87. The number of benzene rings is 1. The number of hydrogen-bond acceptors (Lipinski definition) is 5. The summed E-state index contributed by atoms with van der Waals surface area (Å²) in [6.07, 6.45) is 0. The molecule has 0 spiro atoms. The van der Waals surface area contributed by atoms with Crippen molar-refractivity contribution < 1.29 is 14.3 Å². The van der Waals surface area contributed by atoms with Gasteiger partial charge in [-0.3, -0.25) is 9.59 Å². The first kappa shape index (κ1) is 18.8. The molecule has 1 aromatic carbocycles. The Morgan fingerprint density at radius 1 is 1.31 bits per heavy atom. The van der Waals surface area contributed by atoms with E-state index in [1.165, 1.54) is 7.11 Å². The standard InChI is InChI=1S/C17H19ClN4O3S/c1-10(7-25-2)19-16(23)17(24)20-15-13-8-26-9-14(13)21-22(15)12-5-3-11(18)4-6-12/h3-6,10H,7-9H2,1-2H3,(H,19,23)(H,20,24)/t10-/m0/s1. The van der Waals surface area contributed by atoms with Crippen LogP contribution < -0.4 is 10.6 Å². The molecule has 7 nitrogen and oxygen atoms in total. The average molecular weight is 395 g/mol. The van der Waals surface area contributed by atoms with Gasteiger partial charge in [0.2, 0.25) is 0 Å². The van der Waals surface area contributed by atoms with E-state index >= 15 is 0 Å². The van der Waals surface area contributed by atoms with Crippen LogP contribution in [0.2, 0.25) is 5.02 Å². The van der Waals surface area contributed by atoms with Crippen molar-refractivity contribution in [3.05, 3.63) is 40.5 Å². The topological polar surface area (TPSA) is 85.2 Å². The van der Waals surface area contributed by atoms with Gasteiger partial charge >= 0.3 is 11.8 Å². The maximum atomic E-state index is 12.4. The van der Waals surface area contributed by atoms with Crippen molar-refractivity contribution in [2.24, 2.45) is 0 Å². The summed E-state index contributed by atoms with van der Waals surface area (Å²) in [4.78, 5) is 24.5. The minimum Gasteiger partial charge on any atom is -0.383 e. The molecule has 138 valence electrons. The number of nitrogens with zero attached hydrogens (tertiary/aromatic N) is 2. The smallest absolute Gasteiger partial charge is 0.314 e. The summed E-state index contributed by atoms with van der Waals surface area (Å²) in [5.74, 6) is 0.586. The molecule has 2 aromatic rings. The maximum absolute atomic E-state index is 12.4. The second-order valence-electron chi connectivity index (χ2n) is 5.94. The summed E-state index contributed by atoms with van der Waals surface area (Å²) in [5.41, 5.74) is 2.61.